The molecule has 0 unspecified atom stereocenters. The predicted molar refractivity (Wildman–Crippen MR) is 49.5 cm³/mol. The molecule has 13 heavy (non-hydrogen) atoms. The van der Waals surface area contributed by atoms with Crippen molar-refractivity contribution in [3.63, 3.8) is 0 Å². The largest absolute Gasteiger partial charge is 0.366 e. The van der Waals surface area contributed by atoms with Crippen molar-refractivity contribution < 1.29 is 4.79 Å². The van der Waals surface area contributed by atoms with E-state index in [1.165, 1.54) is 6.07 Å². The summed E-state index contributed by atoms with van der Waals surface area (Å²) in [5.41, 5.74) is 5.10. The summed E-state index contributed by atoms with van der Waals surface area (Å²) in [6.07, 6.45) is 2.47. The highest BCUT2D eigenvalue weighted by Crippen LogP contribution is 1.93. The van der Waals surface area contributed by atoms with Crippen LogP contribution in [0, 0.1) is 0 Å². The third-order valence-corrected chi connectivity index (χ3v) is 1.75. The normalized spacial score (nSPS) is 9.92. The number of amides is 1. The lowest BCUT2D eigenvalue weighted by Gasteiger charge is -2.02. The van der Waals surface area contributed by atoms with Gasteiger partial charge >= 0.3 is 0 Å². The summed E-state index contributed by atoms with van der Waals surface area (Å²) in [5, 5.41) is 0. The summed E-state index contributed by atoms with van der Waals surface area (Å²) in [6, 6.07) is 2.82. The van der Waals surface area contributed by atoms with E-state index in [-0.39, 0.29) is 11.1 Å². The molecule has 2 N–H and O–H groups in total. The summed E-state index contributed by atoms with van der Waals surface area (Å²) >= 11 is 0. The van der Waals surface area contributed by atoms with E-state index < -0.39 is 5.91 Å². The summed E-state index contributed by atoms with van der Waals surface area (Å²) in [5.74, 6) is -0.569. The number of aryl methyl sites for hydroxylation is 1. The molecule has 4 heteroatoms. The van der Waals surface area contributed by atoms with Gasteiger partial charge in [-0.05, 0) is 12.5 Å². The molecule has 0 spiro atoms. The molecule has 0 aliphatic carbocycles. The van der Waals surface area contributed by atoms with Gasteiger partial charge in [-0.25, -0.2) is 0 Å². The Bertz CT molecular complexity index is 368. The van der Waals surface area contributed by atoms with Gasteiger partial charge in [-0.3, -0.25) is 9.59 Å². The summed E-state index contributed by atoms with van der Waals surface area (Å²) in [7, 11) is 0. The van der Waals surface area contributed by atoms with Gasteiger partial charge in [0.1, 0.15) is 0 Å². The first-order valence-electron chi connectivity index (χ1n) is 4.15. The molecule has 0 fully saturated rings. The molecule has 70 valence electrons. The lowest BCUT2D eigenvalue weighted by molar-refractivity contribution is 0.1000. The Balaban J connectivity index is 3.06. The van der Waals surface area contributed by atoms with Crippen molar-refractivity contribution in [2.45, 2.75) is 19.9 Å². The van der Waals surface area contributed by atoms with E-state index in [0.29, 0.717) is 6.54 Å². The van der Waals surface area contributed by atoms with E-state index in [1.807, 2.05) is 6.92 Å². The number of nitrogens with two attached hydrogens (primary N) is 1. The summed E-state index contributed by atoms with van der Waals surface area (Å²) < 4.78 is 1.55. The highest BCUT2D eigenvalue weighted by atomic mass is 16.1. The van der Waals surface area contributed by atoms with Crippen LogP contribution in [0.2, 0.25) is 0 Å². The van der Waals surface area contributed by atoms with E-state index in [0.717, 1.165) is 6.42 Å². The molecule has 0 radical (unpaired) electrons. The Morgan fingerprint density at radius 1 is 1.62 bits per heavy atom. The van der Waals surface area contributed by atoms with Crippen LogP contribution < -0.4 is 11.3 Å². The SMILES string of the molecule is CCCn1ccc(C(N)=O)cc1=O. The quantitative estimate of drug-likeness (QED) is 0.729. The number of carbonyl (C=O) groups excluding carboxylic acids is 1. The molecule has 0 aliphatic rings. The van der Waals surface area contributed by atoms with Crippen LogP contribution in [0.1, 0.15) is 23.7 Å². The molecule has 0 atom stereocenters. The number of hydrogen-bond donors (Lipinski definition) is 1. The first-order chi connectivity index (χ1) is 6.15. The van der Waals surface area contributed by atoms with E-state index in [9.17, 15) is 9.59 Å². The lowest BCUT2D eigenvalue weighted by Crippen LogP contribution is -2.22. The van der Waals surface area contributed by atoms with Crippen molar-refractivity contribution >= 4 is 5.91 Å². The number of pyridine rings is 1. The standard InChI is InChI=1S/C9H12N2O2/c1-2-4-11-5-3-7(9(10)13)6-8(11)12/h3,5-6H,2,4H2,1H3,(H2,10,13). The van der Waals surface area contributed by atoms with Gasteiger partial charge in [0.05, 0.1) is 0 Å². The van der Waals surface area contributed by atoms with Crippen LogP contribution in [0.4, 0.5) is 0 Å². The average Bonchev–Trinajstić information content (AvgIpc) is 2.08. The Labute approximate surface area is 76.0 Å². The third kappa shape index (κ3) is 2.18. The molecule has 0 saturated carbocycles. The molecule has 4 nitrogen and oxygen atoms in total. The van der Waals surface area contributed by atoms with Crippen LogP contribution in [-0.4, -0.2) is 10.5 Å². The molecule has 0 aromatic carbocycles. The third-order valence-electron chi connectivity index (χ3n) is 1.75. The Morgan fingerprint density at radius 3 is 2.77 bits per heavy atom. The molecule has 1 amide bonds. The molecular formula is C9H12N2O2. The van der Waals surface area contributed by atoms with Gasteiger partial charge in [0, 0.05) is 24.4 Å². The van der Waals surface area contributed by atoms with Crippen molar-refractivity contribution in [3.8, 4) is 0 Å². The molecule has 1 aromatic heterocycles. The minimum absolute atomic E-state index is 0.182. The molecule has 1 rings (SSSR count). The van der Waals surface area contributed by atoms with E-state index in [2.05, 4.69) is 0 Å². The highest BCUT2D eigenvalue weighted by Gasteiger charge is 2.01. The second-order valence-corrected chi connectivity index (χ2v) is 2.81. The second-order valence-electron chi connectivity index (χ2n) is 2.81. The lowest BCUT2D eigenvalue weighted by atomic mass is 10.2. The fraction of sp³-hybridized carbons (Fsp3) is 0.333. The van der Waals surface area contributed by atoms with Gasteiger partial charge in [-0.2, -0.15) is 0 Å². The maximum absolute atomic E-state index is 11.3. The van der Waals surface area contributed by atoms with Gasteiger partial charge in [-0.1, -0.05) is 6.92 Å². The second kappa shape index (κ2) is 3.89. The van der Waals surface area contributed by atoms with Crippen molar-refractivity contribution in [2.75, 3.05) is 0 Å². The summed E-state index contributed by atoms with van der Waals surface area (Å²) in [6.45, 7) is 2.65. The Hall–Kier alpha value is -1.58. The molecule has 0 saturated heterocycles. The van der Waals surface area contributed by atoms with E-state index >= 15 is 0 Å². The average molecular weight is 180 g/mol. The van der Waals surface area contributed by atoms with Gasteiger partial charge in [0.15, 0.2) is 0 Å². The smallest absolute Gasteiger partial charge is 0.251 e. The zero-order valence-corrected chi connectivity index (χ0v) is 7.49. The first-order valence-corrected chi connectivity index (χ1v) is 4.15. The van der Waals surface area contributed by atoms with Crippen LogP contribution in [0.5, 0.6) is 0 Å². The van der Waals surface area contributed by atoms with Crippen LogP contribution in [0.15, 0.2) is 23.1 Å². The monoisotopic (exact) mass is 180 g/mol. The number of hydrogen-bond acceptors (Lipinski definition) is 2. The minimum atomic E-state index is -0.569. The first kappa shape index (κ1) is 9.51. The topological polar surface area (TPSA) is 65.1 Å². The van der Waals surface area contributed by atoms with Crippen molar-refractivity contribution in [2.24, 2.45) is 5.73 Å². The zero-order valence-electron chi connectivity index (χ0n) is 7.49. The fourth-order valence-electron chi connectivity index (χ4n) is 1.09. The van der Waals surface area contributed by atoms with Crippen LogP contribution in [0.3, 0.4) is 0 Å². The molecular weight excluding hydrogens is 168 g/mol. The molecule has 1 aromatic rings. The van der Waals surface area contributed by atoms with Crippen molar-refractivity contribution in [1.82, 2.24) is 4.57 Å². The minimum Gasteiger partial charge on any atom is -0.366 e. The number of nitrogens with zero attached hydrogens (tertiary/aromatic N) is 1. The molecule has 0 bridgehead atoms. The van der Waals surface area contributed by atoms with Gasteiger partial charge in [0.25, 0.3) is 5.56 Å². The fourth-order valence-corrected chi connectivity index (χ4v) is 1.09. The molecule has 0 aliphatic heterocycles. The number of carbonyl (C=O) groups is 1. The van der Waals surface area contributed by atoms with Gasteiger partial charge in [-0.15, -0.1) is 0 Å². The summed E-state index contributed by atoms with van der Waals surface area (Å²) in [4.78, 5) is 22.0. The van der Waals surface area contributed by atoms with Gasteiger partial charge < -0.3 is 10.3 Å². The zero-order chi connectivity index (χ0) is 9.84. The van der Waals surface area contributed by atoms with Crippen LogP contribution in [0.25, 0.3) is 0 Å². The number of primary amides is 1. The van der Waals surface area contributed by atoms with E-state index in [1.54, 1.807) is 16.8 Å². The highest BCUT2D eigenvalue weighted by molar-refractivity contribution is 5.92. The van der Waals surface area contributed by atoms with Gasteiger partial charge in [0.2, 0.25) is 5.91 Å². The van der Waals surface area contributed by atoms with Crippen LogP contribution in [-0.2, 0) is 6.54 Å². The van der Waals surface area contributed by atoms with Crippen LogP contribution >= 0.6 is 0 Å². The predicted octanol–water partition coefficient (Wildman–Crippen LogP) is 0.357. The maximum atomic E-state index is 11.3. The van der Waals surface area contributed by atoms with Crippen molar-refractivity contribution in [1.29, 1.82) is 0 Å². The Morgan fingerprint density at radius 2 is 2.31 bits per heavy atom. The maximum Gasteiger partial charge on any atom is 0.251 e. The van der Waals surface area contributed by atoms with E-state index in [4.69, 9.17) is 5.73 Å². The molecule has 1 heterocycles. The Kier molecular flexibility index (Phi) is 2.84. The number of rotatable bonds is 3. The number of aromatic nitrogens is 1. The van der Waals surface area contributed by atoms with Crippen molar-refractivity contribution in [3.05, 3.63) is 34.2 Å².